The first kappa shape index (κ1) is 14.9. The third-order valence-corrected chi connectivity index (χ3v) is 5.86. The Morgan fingerprint density at radius 2 is 2.24 bits per heavy atom. The fourth-order valence-corrected chi connectivity index (χ4v) is 4.78. The zero-order valence-electron chi connectivity index (χ0n) is 13.8. The molecule has 1 spiro atoms. The van der Waals surface area contributed by atoms with Gasteiger partial charge >= 0.3 is 0 Å². The number of aromatic nitrogens is 2. The molecule has 3 aliphatic rings. The Hall–Kier alpha value is -2.41. The fourth-order valence-electron chi connectivity index (χ4n) is 4.78. The number of ether oxygens (including phenoxy) is 1. The minimum atomic E-state index is -0.164. The second-order valence-corrected chi connectivity index (χ2v) is 7.15. The second-order valence-electron chi connectivity index (χ2n) is 7.15. The van der Waals surface area contributed by atoms with Gasteiger partial charge in [0.05, 0.1) is 24.5 Å². The fraction of sp³-hybridized carbons (Fsp3) is 0.500. The maximum atomic E-state index is 12.2. The molecule has 2 aromatic rings. The number of carbonyl (C=O) groups excluding carboxylic acids is 1. The molecule has 0 saturated carbocycles. The van der Waals surface area contributed by atoms with Crippen molar-refractivity contribution >= 4 is 11.9 Å². The van der Waals surface area contributed by atoms with Crippen molar-refractivity contribution in [1.82, 2.24) is 15.3 Å². The van der Waals surface area contributed by atoms with Crippen LogP contribution in [0.4, 0.5) is 5.95 Å². The first-order chi connectivity index (χ1) is 12.3. The topological polar surface area (TPSA) is 80.5 Å². The Kier molecular flexibility index (Phi) is 3.31. The van der Waals surface area contributed by atoms with Crippen LogP contribution in [-0.4, -0.2) is 47.2 Å². The third kappa shape index (κ3) is 2.33. The van der Waals surface area contributed by atoms with Crippen LogP contribution in [0.3, 0.4) is 0 Å². The summed E-state index contributed by atoms with van der Waals surface area (Å²) in [6, 6.07) is 5.23. The molecule has 2 bridgehead atoms. The average Bonchev–Trinajstić information content (AvgIpc) is 3.40. The first-order valence-corrected chi connectivity index (χ1v) is 8.77. The van der Waals surface area contributed by atoms with Gasteiger partial charge in [0.1, 0.15) is 0 Å². The molecule has 5 heterocycles. The van der Waals surface area contributed by atoms with Gasteiger partial charge in [-0.1, -0.05) is 0 Å². The van der Waals surface area contributed by atoms with Gasteiger partial charge in [-0.3, -0.25) is 4.79 Å². The average molecular weight is 340 g/mol. The molecule has 5 rings (SSSR count). The Morgan fingerprint density at radius 1 is 1.36 bits per heavy atom. The van der Waals surface area contributed by atoms with Crippen LogP contribution in [-0.2, 0) is 4.74 Å². The van der Waals surface area contributed by atoms with Crippen LogP contribution < -0.4 is 10.2 Å². The molecule has 130 valence electrons. The molecular formula is C18H20N4O3. The summed E-state index contributed by atoms with van der Waals surface area (Å²) >= 11 is 0. The highest BCUT2D eigenvalue weighted by Crippen LogP contribution is 2.54. The maximum absolute atomic E-state index is 12.2. The molecule has 7 nitrogen and oxygen atoms in total. The summed E-state index contributed by atoms with van der Waals surface area (Å²) in [5.41, 5.74) is -0.107. The molecule has 2 aromatic heterocycles. The minimum Gasteiger partial charge on any atom is -0.459 e. The van der Waals surface area contributed by atoms with E-state index in [1.807, 2.05) is 6.07 Å². The van der Waals surface area contributed by atoms with Crippen LogP contribution in [0.1, 0.15) is 23.4 Å². The van der Waals surface area contributed by atoms with Crippen LogP contribution in [0.2, 0.25) is 0 Å². The number of carbonyl (C=O) groups is 1. The Morgan fingerprint density at radius 3 is 3.04 bits per heavy atom. The number of nitrogens with zero attached hydrogens (tertiary/aromatic N) is 3. The van der Waals surface area contributed by atoms with Gasteiger partial charge in [-0.25, -0.2) is 9.97 Å². The molecule has 1 amide bonds. The Bertz CT molecular complexity index is 766. The van der Waals surface area contributed by atoms with E-state index >= 15 is 0 Å². The normalized spacial score (nSPS) is 32.8. The lowest BCUT2D eigenvalue weighted by Gasteiger charge is -2.29. The van der Waals surface area contributed by atoms with Crippen molar-refractivity contribution in [3.63, 3.8) is 0 Å². The van der Waals surface area contributed by atoms with Crippen molar-refractivity contribution in [2.75, 3.05) is 24.5 Å². The SMILES string of the molecule is O=C(NC[C@H]1[C@H]2CN(c3ncccn3)C[C@]23CC[C@H]1O3)c1ccco1. The highest BCUT2D eigenvalue weighted by molar-refractivity contribution is 5.91. The van der Waals surface area contributed by atoms with E-state index in [1.54, 1.807) is 24.5 Å². The predicted octanol–water partition coefficient (Wildman–Crippen LogP) is 1.48. The molecule has 4 atom stereocenters. The van der Waals surface area contributed by atoms with Gasteiger partial charge in [-0.05, 0) is 31.0 Å². The van der Waals surface area contributed by atoms with E-state index in [0.717, 1.165) is 31.9 Å². The second kappa shape index (κ2) is 5.56. The van der Waals surface area contributed by atoms with Crippen LogP contribution in [0.5, 0.6) is 0 Å². The molecule has 3 fully saturated rings. The highest BCUT2D eigenvalue weighted by Gasteiger charge is 2.63. The largest absolute Gasteiger partial charge is 0.459 e. The highest BCUT2D eigenvalue weighted by atomic mass is 16.5. The molecule has 3 aliphatic heterocycles. The quantitative estimate of drug-likeness (QED) is 0.908. The number of hydrogen-bond acceptors (Lipinski definition) is 6. The lowest BCUT2D eigenvalue weighted by molar-refractivity contribution is 0.0141. The molecule has 0 aliphatic carbocycles. The number of furan rings is 1. The van der Waals surface area contributed by atoms with Gasteiger partial charge in [0.15, 0.2) is 5.76 Å². The summed E-state index contributed by atoms with van der Waals surface area (Å²) in [7, 11) is 0. The molecule has 0 aromatic carbocycles. The number of anilines is 1. The standard InChI is InChI=1S/C18H20N4O3/c23-16(15-3-1-8-24-15)21-9-12-13-10-22(17-19-6-2-7-20-17)11-18(13)5-4-14(12)25-18/h1-3,6-8,12-14H,4-5,9-11H2,(H,21,23)/t12-,13+,14+,18+/m0/s1. The van der Waals surface area contributed by atoms with Crippen LogP contribution in [0.25, 0.3) is 0 Å². The van der Waals surface area contributed by atoms with E-state index < -0.39 is 0 Å². The molecular weight excluding hydrogens is 320 g/mol. The van der Waals surface area contributed by atoms with E-state index in [4.69, 9.17) is 9.15 Å². The smallest absolute Gasteiger partial charge is 0.286 e. The Labute approximate surface area is 145 Å². The van der Waals surface area contributed by atoms with E-state index in [1.165, 1.54) is 6.26 Å². The van der Waals surface area contributed by atoms with Crippen molar-refractivity contribution in [3.8, 4) is 0 Å². The minimum absolute atomic E-state index is 0.107. The molecule has 1 N–H and O–H groups in total. The Balaban J connectivity index is 1.31. The van der Waals surface area contributed by atoms with E-state index in [0.29, 0.717) is 24.1 Å². The van der Waals surface area contributed by atoms with Crippen molar-refractivity contribution in [2.24, 2.45) is 11.8 Å². The lowest BCUT2D eigenvalue weighted by Crippen LogP contribution is -2.41. The summed E-state index contributed by atoms with van der Waals surface area (Å²) in [6.45, 7) is 2.32. The third-order valence-electron chi connectivity index (χ3n) is 5.86. The van der Waals surface area contributed by atoms with Gasteiger partial charge in [-0.2, -0.15) is 0 Å². The molecule has 7 heteroatoms. The molecule has 0 radical (unpaired) electrons. The van der Waals surface area contributed by atoms with E-state index in [2.05, 4.69) is 20.2 Å². The summed E-state index contributed by atoms with van der Waals surface area (Å²) in [5.74, 6) is 1.66. The number of amides is 1. The number of fused-ring (bicyclic) bond motifs is 1. The summed E-state index contributed by atoms with van der Waals surface area (Å²) < 4.78 is 11.6. The van der Waals surface area contributed by atoms with E-state index in [9.17, 15) is 4.79 Å². The van der Waals surface area contributed by atoms with E-state index in [-0.39, 0.29) is 17.6 Å². The first-order valence-electron chi connectivity index (χ1n) is 8.77. The maximum Gasteiger partial charge on any atom is 0.286 e. The molecule has 25 heavy (non-hydrogen) atoms. The van der Waals surface area contributed by atoms with Crippen molar-refractivity contribution in [2.45, 2.75) is 24.5 Å². The zero-order valence-corrected chi connectivity index (χ0v) is 13.8. The van der Waals surface area contributed by atoms with Gasteiger partial charge in [0.2, 0.25) is 5.95 Å². The van der Waals surface area contributed by atoms with Crippen molar-refractivity contribution in [1.29, 1.82) is 0 Å². The van der Waals surface area contributed by atoms with Gasteiger partial charge in [0, 0.05) is 37.3 Å². The van der Waals surface area contributed by atoms with Crippen LogP contribution >= 0.6 is 0 Å². The summed E-state index contributed by atoms with van der Waals surface area (Å²) in [4.78, 5) is 23.1. The van der Waals surface area contributed by atoms with Crippen molar-refractivity contribution in [3.05, 3.63) is 42.6 Å². The van der Waals surface area contributed by atoms with Crippen molar-refractivity contribution < 1.29 is 13.9 Å². The monoisotopic (exact) mass is 340 g/mol. The van der Waals surface area contributed by atoms with Gasteiger partial charge in [0.25, 0.3) is 5.91 Å². The molecule has 0 unspecified atom stereocenters. The zero-order chi connectivity index (χ0) is 16.9. The number of rotatable bonds is 4. The molecule has 3 saturated heterocycles. The lowest BCUT2D eigenvalue weighted by atomic mass is 9.73. The number of hydrogen-bond donors (Lipinski definition) is 1. The predicted molar refractivity (Wildman–Crippen MR) is 89.1 cm³/mol. The van der Waals surface area contributed by atoms with Crippen LogP contribution in [0.15, 0.2) is 41.3 Å². The van der Waals surface area contributed by atoms with Gasteiger partial charge < -0.3 is 19.4 Å². The summed E-state index contributed by atoms with van der Waals surface area (Å²) in [5, 5.41) is 3.01. The number of nitrogens with one attached hydrogen (secondary N) is 1. The summed E-state index contributed by atoms with van der Waals surface area (Å²) in [6.07, 6.45) is 7.43. The van der Waals surface area contributed by atoms with Gasteiger partial charge in [-0.15, -0.1) is 0 Å². The van der Waals surface area contributed by atoms with Crippen LogP contribution in [0, 0.1) is 11.8 Å².